The van der Waals surface area contributed by atoms with Crippen LogP contribution in [-0.2, 0) is 0 Å². The SMILES string of the molecule is CN(C)C(=S)Oc1ccc(F)c(F)c1. The Labute approximate surface area is 86.1 Å². The molecule has 0 atom stereocenters. The highest BCUT2D eigenvalue weighted by Crippen LogP contribution is 2.15. The van der Waals surface area contributed by atoms with Crippen LogP contribution in [0.1, 0.15) is 0 Å². The molecule has 2 nitrogen and oxygen atoms in total. The lowest BCUT2D eigenvalue weighted by molar-refractivity contribution is 0.440. The maximum absolute atomic E-state index is 12.7. The molecule has 0 aliphatic heterocycles. The van der Waals surface area contributed by atoms with Crippen molar-refractivity contribution >= 4 is 17.4 Å². The number of hydrogen-bond acceptors (Lipinski definition) is 2. The van der Waals surface area contributed by atoms with Crippen molar-refractivity contribution in [3.8, 4) is 5.75 Å². The molecule has 0 saturated heterocycles. The van der Waals surface area contributed by atoms with Gasteiger partial charge in [0.15, 0.2) is 11.6 Å². The van der Waals surface area contributed by atoms with E-state index in [0.29, 0.717) is 0 Å². The van der Waals surface area contributed by atoms with Gasteiger partial charge in [-0.25, -0.2) is 8.78 Å². The molecular weight excluding hydrogens is 208 g/mol. The van der Waals surface area contributed by atoms with E-state index in [1.165, 1.54) is 6.07 Å². The van der Waals surface area contributed by atoms with Gasteiger partial charge in [-0.3, -0.25) is 0 Å². The molecular formula is C9H9F2NOS. The van der Waals surface area contributed by atoms with Crippen molar-refractivity contribution in [1.82, 2.24) is 4.90 Å². The van der Waals surface area contributed by atoms with Crippen molar-refractivity contribution < 1.29 is 13.5 Å². The highest BCUT2D eigenvalue weighted by Gasteiger charge is 2.06. The van der Waals surface area contributed by atoms with Crippen molar-refractivity contribution in [3.05, 3.63) is 29.8 Å². The fourth-order valence-corrected chi connectivity index (χ4v) is 0.829. The van der Waals surface area contributed by atoms with E-state index in [9.17, 15) is 8.78 Å². The van der Waals surface area contributed by atoms with Crippen LogP contribution in [0.2, 0.25) is 0 Å². The van der Waals surface area contributed by atoms with Gasteiger partial charge in [-0.1, -0.05) is 0 Å². The fourth-order valence-electron chi connectivity index (χ4n) is 0.732. The topological polar surface area (TPSA) is 12.5 Å². The minimum atomic E-state index is -0.955. The Hall–Kier alpha value is -1.23. The average molecular weight is 217 g/mol. The predicted octanol–water partition coefficient (Wildman–Crippen LogP) is 2.19. The average Bonchev–Trinajstić information content (AvgIpc) is 2.11. The third-order valence-electron chi connectivity index (χ3n) is 1.46. The molecule has 0 N–H and O–H groups in total. The molecule has 76 valence electrons. The maximum atomic E-state index is 12.7. The van der Waals surface area contributed by atoms with E-state index in [1.54, 1.807) is 19.0 Å². The normalized spacial score (nSPS) is 9.71. The van der Waals surface area contributed by atoms with Crippen LogP contribution in [0.25, 0.3) is 0 Å². The third kappa shape index (κ3) is 2.63. The van der Waals surface area contributed by atoms with E-state index in [0.717, 1.165) is 12.1 Å². The number of halogens is 2. The van der Waals surface area contributed by atoms with E-state index in [4.69, 9.17) is 17.0 Å². The van der Waals surface area contributed by atoms with Crippen molar-refractivity contribution in [3.63, 3.8) is 0 Å². The van der Waals surface area contributed by atoms with Gasteiger partial charge in [-0.05, 0) is 24.4 Å². The van der Waals surface area contributed by atoms with Gasteiger partial charge in [0.2, 0.25) is 0 Å². The first-order valence-electron chi connectivity index (χ1n) is 3.85. The van der Waals surface area contributed by atoms with E-state index in [-0.39, 0.29) is 10.9 Å². The van der Waals surface area contributed by atoms with Crippen LogP contribution in [-0.4, -0.2) is 24.2 Å². The molecule has 0 bridgehead atoms. The van der Waals surface area contributed by atoms with Gasteiger partial charge in [0.1, 0.15) is 5.75 Å². The third-order valence-corrected chi connectivity index (χ3v) is 1.91. The molecule has 1 aromatic carbocycles. The van der Waals surface area contributed by atoms with Crippen LogP contribution in [0.3, 0.4) is 0 Å². The summed E-state index contributed by atoms with van der Waals surface area (Å²) >= 11 is 4.82. The molecule has 1 rings (SSSR count). The first-order valence-corrected chi connectivity index (χ1v) is 4.25. The molecule has 0 aromatic heterocycles. The van der Waals surface area contributed by atoms with E-state index < -0.39 is 11.6 Å². The zero-order valence-corrected chi connectivity index (χ0v) is 8.57. The number of ether oxygens (including phenoxy) is 1. The first kappa shape index (κ1) is 10.8. The summed E-state index contributed by atoms with van der Waals surface area (Å²) in [5, 5.41) is 0.191. The number of thiocarbonyl (C=S) groups is 1. The second-order valence-electron chi connectivity index (χ2n) is 2.84. The summed E-state index contributed by atoms with van der Waals surface area (Å²) in [5.74, 6) is -1.68. The molecule has 0 fully saturated rings. The zero-order chi connectivity index (χ0) is 10.7. The number of benzene rings is 1. The van der Waals surface area contributed by atoms with Crippen LogP contribution in [0.4, 0.5) is 8.78 Å². The van der Waals surface area contributed by atoms with Crippen molar-refractivity contribution in [1.29, 1.82) is 0 Å². The predicted molar refractivity (Wildman–Crippen MR) is 53.3 cm³/mol. The highest BCUT2D eigenvalue weighted by molar-refractivity contribution is 7.80. The number of nitrogens with zero attached hydrogens (tertiary/aromatic N) is 1. The summed E-state index contributed by atoms with van der Waals surface area (Å²) in [6.45, 7) is 0. The summed E-state index contributed by atoms with van der Waals surface area (Å²) in [6, 6.07) is 3.25. The molecule has 0 unspecified atom stereocenters. The molecule has 0 heterocycles. The van der Waals surface area contributed by atoms with E-state index in [1.807, 2.05) is 0 Å². The Kier molecular flexibility index (Phi) is 3.35. The van der Waals surface area contributed by atoms with Crippen LogP contribution < -0.4 is 4.74 Å². The van der Waals surface area contributed by atoms with Gasteiger partial charge in [0.25, 0.3) is 5.17 Å². The molecule has 5 heteroatoms. The monoisotopic (exact) mass is 217 g/mol. The molecule has 1 aromatic rings. The van der Waals surface area contributed by atoms with Gasteiger partial charge in [-0.2, -0.15) is 0 Å². The Morgan fingerprint density at radius 2 is 1.93 bits per heavy atom. The molecule has 0 radical (unpaired) electrons. The lowest BCUT2D eigenvalue weighted by Gasteiger charge is -2.13. The molecule has 14 heavy (non-hydrogen) atoms. The summed E-state index contributed by atoms with van der Waals surface area (Å²) in [6.07, 6.45) is 0. The lowest BCUT2D eigenvalue weighted by Crippen LogP contribution is -2.25. The van der Waals surface area contributed by atoms with Crippen LogP contribution in [0.15, 0.2) is 18.2 Å². The highest BCUT2D eigenvalue weighted by atomic mass is 32.1. The van der Waals surface area contributed by atoms with Gasteiger partial charge < -0.3 is 9.64 Å². The quantitative estimate of drug-likeness (QED) is 0.669. The lowest BCUT2D eigenvalue weighted by atomic mass is 10.3. The number of rotatable bonds is 1. The molecule has 0 spiro atoms. The summed E-state index contributed by atoms with van der Waals surface area (Å²) < 4.78 is 30.3. The largest absolute Gasteiger partial charge is 0.432 e. The molecule has 0 aliphatic carbocycles. The second-order valence-corrected chi connectivity index (χ2v) is 3.19. The second kappa shape index (κ2) is 4.32. The van der Waals surface area contributed by atoms with Gasteiger partial charge in [0.05, 0.1) is 0 Å². The van der Waals surface area contributed by atoms with Gasteiger partial charge in [0, 0.05) is 20.2 Å². The van der Waals surface area contributed by atoms with Crippen molar-refractivity contribution in [2.45, 2.75) is 0 Å². The summed E-state index contributed by atoms with van der Waals surface area (Å²) in [5.41, 5.74) is 0. The maximum Gasteiger partial charge on any atom is 0.264 e. The van der Waals surface area contributed by atoms with Crippen molar-refractivity contribution in [2.75, 3.05) is 14.1 Å². The van der Waals surface area contributed by atoms with Gasteiger partial charge in [-0.15, -0.1) is 0 Å². The Morgan fingerprint density at radius 3 is 2.43 bits per heavy atom. The van der Waals surface area contributed by atoms with Gasteiger partial charge >= 0.3 is 0 Å². The van der Waals surface area contributed by atoms with E-state index in [2.05, 4.69) is 0 Å². The first-order chi connectivity index (χ1) is 6.50. The Bertz CT molecular complexity index is 355. The smallest absolute Gasteiger partial charge is 0.264 e. The number of hydrogen-bond donors (Lipinski definition) is 0. The fraction of sp³-hybridized carbons (Fsp3) is 0.222. The molecule has 0 aliphatic rings. The molecule has 0 amide bonds. The van der Waals surface area contributed by atoms with E-state index >= 15 is 0 Å². The molecule has 0 saturated carbocycles. The van der Waals surface area contributed by atoms with Crippen LogP contribution in [0.5, 0.6) is 5.75 Å². The Morgan fingerprint density at radius 1 is 1.29 bits per heavy atom. The minimum absolute atomic E-state index is 0.183. The summed E-state index contributed by atoms with van der Waals surface area (Å²) in [7, 11) is 3.39. The Balaban J connectivity index is 2.78. The summed E-state index contributed by atoms with van der Waals surface area (Å²) in [4.78, 5) is 1.55. The van der Waals surface area contributed by atoms with Crippen LogP contribution in [0, 0.1) is 11.6 Å². The standard InChI is InChI=1S/C9H9F2NOS/c1-12(2)9(14)13-6-3-4-7(10)8(11)5-6/h3-5H,1-2H3. The zero-order valence-electron chi connectivity index (χ0n) is 7.75. The minimum Gasteiger partial charge on any atom is -0.432 e. The van der Waals surface area contributed by atoms with Crippen LogP contribution >= 0.6 is 12.2 Å². The van der Waals surface area contributed by atoms with Crippen molar-refractivity contribution in [2.24, 2.45) is 0 Å².